The van der Waals surface area contributed by atoms with Crippen LogP contribution in [0.15, 0.2) is 24.3 Å². The van der Waals surface area contributed by atoms with E-state index in [2.05, 4.69) is 0 Å². The second kappa shape index (κ2) is 4.47. The van der Waals surface area contributed by atoms with E-state index in [-0.39, 0.29) is 0 Å². The first-order valence-electron chi connectivity index (χ1n) is 3.80. The van der Waals surface area contributed by atoms with Crippen LogP contribution < -0.4 is 10.6 Å². The third kappa shape index (κ3) is 2.45. The Morgan fingerprint density at radius 2 is 2.23 bits per heavy atom. The Kier molecular flexibility index (Phi) is 3.28. The maximum atomic E-state index is 10.1. The van der Waals surface area contributed by atoms with E-state index in [1.165, 1.54) is 0 Å². The first-order valence-corrected chi connectivity index (χ1v) is 3.80. The SMILES string of the molecule is COc1ccccc1CN(N)[C]=O. The van der Waals surface area contributed by atoms with Gasteiger partial charge in [-0.05, 0) is 6.07 Å². The van der Waals surface area contributed by atoms with Crippen molar-refractivity contribution in [2.24, 2.45) is 5.84 Å². The number of methoxy groups -OCH3 is 1. The molecule has 0 fully saturated rings. The molecule has 0 atom stereocenters. The summed E-state index contributed by atoms with van der Waals surface area (Å²) in [4.78, 5) is 10.1. The molecule has 0 unspecified atom stereocenters. The summed E-state index contributed by atoms with van der Waals surface area (Å²) in [6.45, 7) is 0.299. The van der Waals surface area contributed by atoms with Crippen molar-refractivity contribution in [3.63, 3.8) is 0 Å². The number of amides is 1. The molecule has 69 valence electrons. The highest BCUT2D eigenvalue weighted by molar-refractivity contribution is 5.48. The van der Waals surface area contributed by atoms with E-state index >= 15 is 0 Å². The minimum absolute atomic E-state index is 0.299. The van der Waals surface area contributed by atoms with Crippen LogP contribution >= 0.6 is 0 Å². The van der Waals surface area contributed by atoms with Gasteiger partial charge in [-0.15, -0.1) is 0 Å². The van der Waals surface area contributed by atoms with Crippen LogP contribution in [0.1, 0.15) is 5.56 Å². The van der Waals surface area contributed by atoms with Gasteiger partial charge in [0.2, 0.25) is 0 Å². The average molecular weight is 179 g/mol. The Morgan fingerprint density at radius 1 is 1.54 bits per heavy atom. The Hall–Kier alpha value is -1.55. The highest BCUT2D eigenvalue weighted by Crippen LogP contribution is 2.17. The van der Waals surface area contributed by atoms with E-state index in [1.54, 1.807) is 13.5 Å². The number of nitrogens with zero attached hydrogens (tertiary/aromatic N) is 1. The molecule has 4 nitrogen and oxygen atoms in total. The number of hydrazine groups is 1. The van der Waals surface area contributed by atoms with Crippen molar-refractivity contribution in [1.82, 2.24) is 5.01 Å². The fourth-order valence-corrected chi connectivity index (χ4v) is 1.05. The molecule has 2 N–H and O–H groups in total. The molecule has 0 heterocycles. The second-order valence-corrected chi connectivity index (χ2v) is 2.53. The van der Waals surface area contributed by atoms with Gasteiger partial charge in [-0.2, -0.15) is 0 Å². The van der Waals surface area contributed by atoms with E-state index in [4.69, 9.17) is 10.6 Å². The summed E-state index contributed by atoms with van der Waals surface area (Å²) in [6.07, 6.45) is 1.57. The molecule has 0 aliphatic carbocycles. The molecule has 0 aliphatic heterocycles. The van der Waals surface area contributed by atoms with Gasteiger partial charge < -0.3 is 4.74 Å². The zero-order valence-corrected chi connectivity index (χ0v) is 7.36. The predicted molar refractivity (Wildman–Crippen MR) is 48.4 cm³/mol. The maximum absolute atomic E-state index is 10.1. The number of nitrogens with two attached hydrogens (primary N) is 1. The Morgan fingerprint density at radius 3 is 2.85 bits per heavy atom. The Labute approximate surface area is 76.9 Å². The average Bonchev–Trinajstić information content (AvgIpc) is 2.18. The molecule has 0 saturated heterocycles. The molecule has 13 heavy (non-hydrogen) atoms. The van der Waals surface area contributed by atoms with Gasteiger partial charge in [0.15, 0.2) is 0 Å². The monoisotopic (exact) mass is 179 g/mol. The van der Waals surface area contributed by atoms with Crippen molar-refractivity contribution >= 4 is 6.41 Å². The lowest BCUT2D eigenvalue weighted by Gasteiger charge is -2.11. The molecule has 1 radical (unpaired) electrons. The van der Waals surface area contributed by atoms with Crippen molar-refractivity contribution in [2.75, 3.05) is 7.11 Å². The normalized spacial score (nSPS) is 9.38. The molecule has 0 saturated carbocycles. The Bertz CT molecular complexity index is 289. The number of benzene rings is 1. The minimum atomic E-state index is 0.299. The predicted octanol–water partition coefficient (Wildman–Crippen LogP) is 0.438. The molecule has 0 spiro atoms. The molecular formula is C9H11N2O2. The fraction of sp³-hybridized carbons (Fsp3) is 0.222. The van der Waals surface area contributed by atoms with Gasteiger partial charge in [0.25, 0.3) is 0 Å². The van der Waals surface area contributed by atoms with Gasteiger partial charge in [0.1, 0.15) is 5.75 Å². The second-order valence-electron chi connectivity index (χ2n) is 2.53. The first-order chi connectivity index (χ1) is 6.27. The van der Waals surface area contributed by atoms with Crippen LogP contribution in [0.4, 0.5) is 0 Å². The van der Waals surface area contributed by atoms with Crippen molar-refractivity contribution in [2.45, 2.75) is 6.54 Å². The molecule has 1 aromatic rings. The van der Waals surface area contributed by atoms with E-state index in [0.29, 0.717) is 12.3 Å². The lowest BCUT2D eigenvalue weighted by atomic mass is 10.2. The topological polar surface area (TPSA) is 55.6 Å². The van der Waals surface area contributed by atoms with Crippen LogP contribution in [0.2, 0.25) is 0 Å². The van der Waals surface area contributed by atoms with E-state index < -0.39 is 0 Å². The van der Waals surface area contributed by atoms with Gasteiger partial charge in [0, 0.05) is 5.56 Å². The molecule has 1 amide bonds. The third-order valence-electron chi connectivity index (χ3n) is 1.65. The smallest absolute Gasteiger partial charge is 0.327 e. The summed E-state index contributed by atoms with van der Waals surface area (Å²) in [7, 11) is 1.57. The van der Waals surface area contributed by atoms with E-state index in [1.807, 2.05) is 24.3 Å². The summed E-state index contributed by atoms with van der Waals surface area (Å²) in [5.74, 6) is 6.00. The van der Waals surface area contributed by atoms with Gasteiger partial charge in [0.05, 0.1) is 13.7 Å². The third-order valence-corrected chi connectivity index (χ3v) is 1.65. The van der Waals surface area contributed by atoms with Gasteiger partial charge in [-0.1, -0.05) is 18.2 Å². The zero-order chi connectivity index (χ0) is 9.68. The van der Waals surface area contributed by atoms with Crippen molar-refractivity contribution in [3.05, 3.63) is 29.8 Å². The first kappa shape index (κ1) is 9.54. The number of carbonyl (C=O) groups excluding carboxylic acids is 1. The largest absolute Gasteiger partial charge is 0.496 e. The number of rotatable bonds is 4. The summed E-state index contributed by atoms with van der Waals surface area (Å²) < 4.78 is 5.08. The van der Waals surface area contributed by atoms with E-state index in [0.717, 1.165) is 10.6 Å². The number of hydrogen-bond donors (Lipinski definition) is 1. The number of hydrogen-bond acceptors (Lipinski definition) is 3. The number of para-hydroxylation sites is 1. The van der Waals surface area contributed by atoms with Crippen LogP contribution in [-0.2, 0) is 11.3 Å². The summed E-state index contributed by atoms with van der Waals surface area (Å²) >= 11 is 0. The van der Waals surface area contributed by atoms with Gasteiger partial charge >= 0.3 is 6.41 Å². The van der Waals surface area contributed by atoms with Gasteiger partial charge in [-0.3, -0.25) is 9.80 Å². The Balaban J connectivity index is 2.80. The highest BCUT2D eigenvalue weighted by Gasteiger charge is 2.03. The quantitative estimate of drug-likeness (QED) is 0.316. The van der Waals surface area contributed by atoms with Crippen LogP contribution in [0.3, 0.4) is 0 Å². The molecule has 1 rings (SSSR count). The molecule has 1 aromatic carbocycles. The number of ether oxygens (including phenoxy) is 1. The molecule has 0 aromatic heterocycles. The van der Waals surface area contributed by atoms with Crippen LogP contribution in [0.25, 0.3) is 0 Å². The van der Waals surface area contributed by atoms with Crippen LogP contribution in [-0.4, -0.2) is 18.5 Å². The maximum Gasteiger partial charge on any atom is 0.327 e. The van der Waals surface area contributed by atoms with Crippen molar-refractivity contribution < 1.29 is 9.53 Å². The molecular weight excluding hydrogens is 168 g/mol. The summed E-state index contributed by atoms with van der Waals surface area (Å²) in [6, 6.07) is 7.37. The molecule has 0 bridgehead atoms. The van der Waals surface area contributed by atoms with Crippen molar-refractivity contribution in [3.8, 4) is 5.75 Å². The van der Waals surface area contributed by atoms with Gasteiger partial charge in [-0.25, -0.2) is 5.84 Å². The fourth-order valence-electron chi connectivity index (χ4n) is 1.05. The minimum Gasteiger partial charge on any atom is -0.496 e. The molecule has 0 aliphatic rings. The van der Waals surface area contributed by atoms with E-state index in [9.17, 15) is 4.79 Å². The lowest BCUT2D eigenvalue weighted by Crippen LogP contribution is -2.28. The van der Waals surface area contributed by atoms with Crippen molar-refractivity contribution in [1.29, 1.82) is 0 Å². The zero-order valence-electron chi connectivity index (χ0n) is 7.36. The molecule has 4 heteroatoms. The standard InChI is InChI=1S/C9H11N2O2/c1-13-9-5-3-2-4-8(9)6-11(10)7-12/h2-5H,6,10H2,1H3. The summed E-state index contributed by atoms with van der Waals surface area (Å²) in [5, 5.41) is 0.942. The highest BCUT2D eigenvalue weighted by atomic mass is 16.5. The summed E-state index contributed by atoms with van der Waals surface area (Å²) in [5.41, 5.74) is 0.857. The lowest BCUT2D eigenvalue weighted by molar-refractivity contribution is 0.367. The van der Waals surface area contributed by atoms with Crippen LogP contribution in [0.5, 0.6) is 5.75 Å². The van der Waals surface area contributed by atoms with Crippen LogP contribution in [0, 0.1) is 0 Å².